The Morgan fingerprint density at radius 3 is 2.38 bits per heavy atom. The van der Waals surface area contributed by atoms with E-state index in [0.29, 0.717) is 17.8 Å². The molecule has 1 unspecified atom stereocenters. The Kier molecular flexibility index (Phi) is 6.50. The summed E-state index contributed by atoms with van der Waals surface area (Å²) in [7, 11) is -3.21. The first kappa shape index (κ1) is 20.1. The Labute approximate surface area is 153 Å². The van der Waals surface area contributed by atoms with Crippen molar-refractivity contribution in [3.8, 4) is 0 Å². The fraction of sp³-hybridized carbons (Fsp3) is 0.316. The normalized spacial score (nSPS) is 12.6. The van der Waals surface area contributed by atoms with Crippen LogP contribution >= 0.6 is 0 Å². The van der Waals surface area contributed by atoms with Gasteiger partial charge in [-0.25, -0.2) is 12.8 Å². The third kappa shape index (κ3) is 5.64. The lowest BCUT2D eigenvalue weighted by Gasteiger charge is -2.14. The van der Waals surface area contributed by atoms with Gasteiger partial charge in [0.15, 0.2) is 9.84 Å². The Hall–Kier alpha value is -2.25. The fourth-order valence-electron chi connectivity index (χ4n) is 2.42. The lowest BCUT2D eigenvalue weighted by Crippen LogP contribution is -2.24. The molecule has 0 heterocycles. The van der Waals surface area contributed by atoms with Crippen LogP contribution in [0.1, 0.15) is 30.5 Å². The second-order valence-electron chi connectivity index (χ2n) is 6.28. The lowest BCUT2D eigenvalue weighted by atomic mass is 10.1. The highest BCUT2D eigenvalue weighted by molar-refractivity contribution is 7.90. The number of aryl methyl sites for hydroxylation is 1. The first-order valence-corrected chi connectivity index (χ1v) is 10.2. The van der Waals surface area contributed by atoms with Gasteiger partial charge in [-0.15, -0.1) is 0 Å². The first-order chi connectivity index (χ1) is 12.2. The van der Waals surface area contributed by atoms with Crippen LogP contribution in [0.4, 0.5) is 10.1 Å². The molecule has 0 aliphatic heterocycles. The van der Waals surface area contributed by atoms with Crippen LogP contribution in [0, 0.1) is 12.7 Å². The molecule has 0 spiro atoms. The van der Waals surface area contributed by atoms with Crippen molar-refractivity contribution in [2.45, 2.75) is 31.2 Å². The van der Waals surface area contributed by atoms with Gasteiger partial charge >= 0.3 is 0 Å². The summed E-state index contributed by atoms with van der Waals surface area (Å²) in [5.74, 6) is -0.563. The van der Waals surface area contributed by atoms with Crippen molar-refractivity contribution >= 4 is 21.4 Å². The topological polar surface area (TPSA) is 75.3 Å². The zero-order chi connectivity index (χ0) is 19.3. The van der Waals surface area contributed by atoms with Gasteiger partial charge in [0.1, 0.15) is 5.82 Å². The number of hydrogen-bond donors (Lipinski definition) is 2. The molecular weight excluding hydrogens is 355 g/mol. The number of rotatable bonds is 7. The van der Waals surface area contributed by atoms with Gasteiger partial charge in [-0.1, -0.05) is 18.2 Å². The van der Waals surface area contributed by atoms with Crippen LogP contribution in [-0.2, 0) is 14.6 Å². The molecule has 26 heavy (non-hydrogen) atoms. The second-order valence-corrected chi connectivity index (χ2v) is 8.29. The minimum absolute atomic E-state index is 0.0340. The summed E-state index contributed by atoms with van der Waals surface area (Å²) in [4.78, 5) is 12.2. The molecule has 0 saturated carbocycles. The Balaban J connectivity index is 1.82. The highest BCUT2D eigenvalue weighted by Gasteiger charge is 2.10. The average Bonchev–Trinajstić information content (AvgIpc) is 2.57. The third-order valence-electron chi connectivity index (χ3n) is 4.07. The second kappa shape index (κ2) is 8.42. The molecule has 5 nitrogen and oxygen atoms in total. The van der Waals surface area contributed by atoms with Crippen molar-refractivity contribution in [3.63, 3.8) is 0 Å². The van der Waals surface area contributed by atoms with E-state index in [1.807, 2.05) is 6.92 Å². The zero-order valence-corrected chi connectivity index (χ0v) is 15.9. The molecule has 0 saturated heterocycles. The molecule has 7 heteroatoms. The number of benzene rings is 2. The first-order valence-electron chi connectivity index (χ1n) is 8.26. The van der Waals surface area contributed by atoms with Gasteiger partial charge in [-0.3, -0.25) is 4.79 Å². The monoisotopic (exact) mass is 378 g/mol. The number of sulfone groups is 1. The van der Waals surface area contributed by atoms with Gasteiger partial charge < -0.3 is 10.6 Å². The highest BCUT2D eigenvalue weighted by atomic mass is 32.2. The van der Waals surface area contributed by atoms with Crippen LogP contribution in [0.15, 0.2) is 47.4 Å². The van der Waals surface area contributed by atoms with Gasteiger partial charge in [0.25, 0.3) is 0 Å². The maximum absolute atomic E-state index is 13.5. The van der Waals surface area contributed by atoms with Crippen LogP contribution in [0.3, 0.4) is 0 Å². The zero-order valence-electron chi connectivity index (χ0n) is 15.0. The molecule has 0 aliphatic rings. The van der Waals surface area contributed by atoms with Crippen molar-refractivity contribution in [1.82, 2.24) is 5.32 Å². The summed E-state index contributed by atoms with van der Waals surface area (Å²) in [6.07, 6.45) is 1.41. The summed E-state index contributed by atoms with van der Waals surface area (Å²) in [6.45, 7) is 4.03. The van der Waals surface area contributed by atoms with E-state index in [2.05, 4.69) is 10.6 Å². The molecule has 2 rings (SSSR count). The molecule has 0 aromatic heterocycles. The Bertz CT molecular complexity index is 880. The minimum Gasteiger partial charge on any atom is -0.326 e. The number of anilines is 1. The van der Waals surface area contributed by atoms with Gasteiger partial charge in [-0.2, -0.15) is 0 Å². The van der Waals surface area contributed by atoms with Crippen LogP contribution in [0.5, 0.6) is 0 Å². The molecule has 1 amide bonds. The predicted molar refractivity (Wildman–Crippen MR) is 100 cm³/mol. The highest BCUT2D eigenvalue weighted by Crippen LogP contribution is 2.16. The van der Waals surface area contributed by atoms with E-state index in [0.717, 1.165) is 5.56 Å². The van der Waals surface area contributed by atoms with Crippen molar-refractivity contribution in [1.29, 1.82) is 0 Å². The van der Waals surface area contributed by atoms with Gasteiger partial charge in [0.05, 0.1) is 4.90 Å². The van der Waals surface area contributed by atoms with E-state index in [1.54, 1.807) is 43.3 Å². The van der Waals surface area contributed by atoms with E-state index in [9.17, 15) is 17.6 Å². The quantitative estimate of drug-likeness (QED) is 0.776. The number of nitrogens with one attached hydrogen (secondary N) is 2. The average molecular weight is 378 g/mol. The fourth-order valence-corrected chi connectivity index (χ4v) is 3.05. The summed E-state index contributed by atoms with van der Waals surface area (Å²) in [5, 5.41) is 5.87. The van der Waals surface area contributed by atoms with Crippen molar-refractivity contribution < 1.29 is 17.6 Å². The molecule has 0 radical (unpaired) electrons. The molecule has 140 valence electrons. The van der Waals surface area contributed by atoms with Crippen LogP contribution in [-0.4, -0.2) is 27.1 Å². The van der Waals surface area contributed by atoms with Crippen molar-refractivity contribution in [2.24, 2.45) is 0 Å². The van der Waals surface area contributed by atoms with Gasteiger partial charge in [0.2, 0.25) is 5.91 Å². The van der Waals surface area contributed by atoms with Gasteiger partial charge in [-0.05, 0) is 49.2 Å². The van der Waals surface area contributed by atoms with Crippen LogP contribution in [0.25, 0.3) is 0 Å². The van der Waals surface area contributed by atoms with E-state index in [1.165, 1.54) is 12.3 Å². The number of carbonyl (C=O) groups excluding carboxylic acids is 1. The Morgan fingerprint density at radius 1 is 1.15 bits per heavy atom. The summed E-state index contributed by atoms with van der Waals surface area (Å²) in [6, 6.07) is 11.2. The molecule has 0 bridgehead atoms. The summed E-state index contributed by atoms with van der Waals surface area (Å²) in [5.41, 5.74) is 1.89. The SMILES string of the molecule is Cc1ccc(NC(=O)CCNC(C)c2ccc(S(C)(=O)=O)cc2)cc1F. The van der Waals surface area contributed by atoms with Crippen LogP contribution in [0.2, 0.25) is 0 Å². The summed E-state index contributed by atoms with van der Waals surface area (Å²) >= 11 is 0. The van der Waals surface area contributed by atoms with E-state index in [4.69, 9.17) is 0 Å². The van der Waals surface area contributed by atoms with Gasteiger partial charge in [0, 0.05) is 31.0 Å². The Morgan fingerprint density at radius 2 is 1.81 bits per heavy atom. The number of halogens is 1. The largest absolute Gasteiger partial charge is 0.326 e. The standard InChI is InChI=1S/C19H23FN2O3S/c1-13-4-7-16(12-18(13)20)22-19(23)10-11-21-14(2)15-5-8-17(9-6-15)26(3,24)25/h4-9,12,14,21H,10-11H2,1-3H3,(H,22,23). The molecule has 1 atom stereocenters. The third-order valence-corrected chi connectivity index (χ3v) is 5.19. The number of carbonyl (C=O) groups is 1. The number of amides is 1. The van der Waals surface area contributed by atoms with Crippen molar-refractivity contribution in [3.05, 3.63) is 59.4 Å². The molecule has 2 aromatic rings. The lowest BCUT2D eigenvalue weighted by molar-refractivity contribution is -0.116. The summed E-state index contributed by atoms with van der Waals surface area (Å²) < 4.78 is 36.4. The van der Waals surface area contributed by atoms with E-state index >= 15 is 0 Å². The maximum atomic E-state index is 13.5. The van der Waals surface area contributed by atoms with Crippen LogP contribution < -0.4 is 10.6 Å². The van der Waals surface area contributed by atoms with E-state index < -0.39 is 9.84 Å². The molecule has 2 N–H and O–H groups in total. The molecule has 0 aliphatic carbocycles. The van der Waals surface area contributed by atoms with E-state index in [-0.39, 0.29) is 29.1 Å². The van der Waals surface area contributed by atoms with Crippen molar-refractivity contribution in [2.75, 3.05) is 18.1 Å². The minimum atomic E-state index is -3.21. The number of hydrogen-bond acceptors (Lipinski definition) is 4. The molecular formula is C19H23FN2O3S. The smallest absolute Gasteiger partial charge is 0.225 e. The predicted octanol–water partition coefficient (Wildman–Crippen LogP) is 3.22. The maximum Gasteiger partial charge on any atom is 0.225 e. The molecule has 2 aromatic carbocycles. The molecule has 0 fully saturated rings.